The molecule has 2 aromatic rings. The summed E-state index contributed by atoms with van der Waals surface area (Å²) >= 11 is 5.93. The van der Waals surface area contributed by atoms with E-state index in [1.807, 2.05) is 22.9 Å². The van der Waals surface area contributed by atoms with E-state index in [0.29, 0.717) is 5.02 Å². The third-order valence-electron chi connectivity index (χ3n) is 2.43. The van der Waals surface area contributed by atoms with Crippen molar-refractivity contribution in [1.29, 1.82) is 0 Å². The minimum absolute atomic E-state index is 0.666. The molecule has 0 fully saturated rings. The Morgan fingerprint density at radius 3 is 2.94 bits per heavy atom. The van der Waals surface area contributed by atoms with Crippen LogP contribution in [0.1, 0.15) is 12.7 Å². The number of hydrogen-bond donors (Lipinski definition) is 0. The van der Waals surface area contributed by atoms with Crippen LogP contribution in [0.3, 0.4) is 0 Å². The monoisotopic (exact) mass is 236 g/mol. The molecule has 0 N–H and O–H groups in total. The molecule has 0 bridgehead atoms. The number of ether oxygens (including phenoxy) is 1. The van der Waals surface area contributed by atoms with Crippen LogP contribution in [-0.2, 0) is 6.42 Å². The topological polar surface area (TPSA) is 27.1 Å². The number of nitrogens with zero attached hydrogens (tertiary/aromatic N) is 2. The third kappa shape index (κ3) is 1.91. The lowest BCUT2D eigenvalue weighted by Crippen LogP contribution is -2.01. The number of aryl methyl sites for hydroxylation is 1. The molecule has 0 aliphatic rings. The molecule has 16 heavy (non-hydrogen) atoms. The van der Waals surface area contributed by atoms with Crippen LogP contribution in [0.25, 0.3) is 5.69 Å². The van der Waals surface area contributed by atoms with E-state index in [2.05, 4.69) is 11.9 Å². The highest BCUT2D eigenvalue weighted by molar-refractivity contribution is 6.30. The molecule has 84 valence electrons. The van der Waals surface area contributed by atoms with Crippen LogP contribution in [0.15, 0.2) is 30.6 Å². The summed E-state index contributed by atoms with van der Waals surface area (Å²) in [5.41, 5.74) is 0.959. The first-order chi connectivity index (χ1) is 7.76. The van der Waals surface area contributed by atoms with Crippen LogP contribution in [0, 0.1) is 0 Å². The van der Waals surface area contributed by atoms with E-state index >= 15 is 0 Å². The highest BCUT2D eigenvalue weighted by Crippen LogP contribution is 2.27. The van der Waals surface area contributed by atoms with Crippen molar-refractivity contribution in [3.63, 3.8) is 0 Å². The van der Waals surface area contributed by atoms with Gasteiger partial charge in [0.05, 0.1) is 12.8 Å². The molecular weight excluding hydrogens is 224 g/mol. The number of aromatic nitrogens is 2. The van der Waals surface area contributed by atoms with Crippen LogP contribution >= 0.6 is 11.6 Å². The maximum absolute atomic E-state index is 5.93. The fourth-order valence-electron chi connectivity index (χ4n) is 1.67. The van der Waals surface area contributed by atoms with Crippen molar-refractivity contribution in [2.24, 2.45) is 0 Å². The summed E-state index contributed by atoms with van der Waals surface area (Å²) in [6.45, 7) is 2.07. The first-order valence-corrected chi connectivity index (χ1v) is 5.50. The number of benzene rings is 1. The minimum Gasteiger partial charge on any atom is -0.495 e. The first-order valence-electron chi connectivity index (χ1n) is 5.12. The molecule has 1 aromatic heterocycles. The summed E-state index contributed by atoms with van der Waals surface area (Å²) in [6, 6.07) is 5.58. The number of rotatable bonds is 3. The molecule has 0 aliphatic carbocycles. The molecule has 0 spiro atoms. The number of imidazole rings is 1. The van der Waals surface area contributed by atoms with E-state index in [0.717, 1.165) is 23.7 Å². The van der Waals surface area contributed by atoms with Gasteiger partial charge in [0.1, 0.15) is 11.6 Å². The van der Waals surface area contributed by atoms with E-state index in [-0.39, 0.29) is 0 Å². The third-order valence-corrected chi connectivity index (χ3v) is 2.67. The molecule has 0 amide bonds. The lowest BCUT2D eigenvalue weighted by Gasteiger charge is -2.11. The van der Waals surface area contributed by atoms with E-state index in [1.165, 1.54) is 0 Å². The van der Waals surface area contributed by atoms with Gasteiger partial charge in [0.25, 0.3) is 0 Å². The highest BCUT2D eigenvalue weighted by atomic mass is 35.5. The van der Waals surface area contributed by atoms with Gasteiger partial charge in [-0.05, 0) is 12.1 Å². The standard InChI is InChI=1S/C12H13ClN2O/c1-3-12-14-6-7-15(12)10-5-4-9(13)8-11(10)16-2/h4-8H,3H2,1-2H3. The average molecular weight is 237 g/mol. The van der Waals surface area contributed by atoms with Gasteiger partial charge in [0.2, 0.25) is 0 Å². The molecule has 1 aromatic carbocycles. The van der Waals surface area contributed by atoms with Gasteiger partial charge in [-0.3, -0.25) is 0 Å². The van der Waals surface area contributed by atoms with Crippen molar-refractivity contribution in [1.82, 2.24) is 9.55 Å². The van der Waals surface area contributed by atoms with Crippen molar-refractivity contribution in [2.45, 2.75) is 13.3 Å². The second-order valence-corrected chi connectivity index (χ2v) is 3.82. The number of hydrogen-bond acceptors (Lipinski definition) is 2. The molecule has 0 saturated carbocycles. The molecule has 2 rings (SSSR count). The fourth-order valence-corrected chi connectivity index (χ4v) is 1.83. The maximum Gasteiger partial charge on any atom is 0.144 e. The second-order valence-electron chi connectivity index (χ2n) is 3.38. The predicted octanol–water partition coefficient (Wildman–Crippen LogP) is 3.10. The van der Waals surface area contributed by atoms with Crippen molar-refractivity contribution in [3.05, 3.63) is 41.4 Å². The van der Waals surface area contributed by atoms with E-state index in [9.17, 15) is 0 Å². The van der Waals surface area contributed by atoms with Gasteiger partial charge in [-0.15, -0.1) is 0 Å². The zero-order chi connectivity index (χ0) is 11.5. The van der Waals surface area contributed by atoms with Crippen molar-refractivity contribution in [3.8, 4) is 11.4 Å². The molecule has 0 atom stereocenters. The van der Waals surface area contributed by atoms with Crippen LogP contribution in [-0.4, -0.2) is 16.7 Å². The zero-order valence-electron chi connectivity index (χ0n) is 9.27. The number of halogens is 1. The Morgan fingerprint density at radius 1 is 1.44 bits per heavy atom. The SMILES string of the molecule is CCc1nccn1-c1ccc(Cl)cc1OC. The van der Waals surface area contributed by atoms with Crippen LogP contribution in [0.5, 0.6) is 5.75 Å². The Kier molecular flexibility index (Phi) is 3.15. The molecule has 0 aliphatic heterocycles. The summed E-state index contributed by atoms with van der Waals surface area (Å²) in [6.07, 6.45) is 4.58. The van der Waals surface area contributed by atoms with Gasteiger partial charge in [0, 0.05) is 29.9 Å². The van der Waals surface area contributed by atoms with Gasteiger partial charge >= 0.3 is 0 Å². The summed E-state index contributed by atoms with van der Waals surface area (Å²) < 4.78 is 7.33. The van der Waals surface area contributed by atoms with E-state index < -0.39 is 0 Å². The van der Waals surface area contributed by atoms with Gasteiger partial charge in [-0.2, -0.15) is 0 Å². The largest absolute Gasteiger partial charge is 0.495 e. The zero-order valence-corrected chi connectivity index (χ0v) is 10.0. The smallest absolute Gasteiger partial charge is 0.144 e. The van der Waals surface area contributed by atoms with Crippen LogP contribution in [0.2, 0.25) is 5.02 Å². The van der Waals surface area contributed by atoms with E-state index in [1.54, 1.807) is 19.4 Å². The first kappa shape index (κ1) is 11.0. The Morgan fingerprint density at radius 2 is 2.25 bits per heavy atom. The minimum atomic E-state index is 0.666. The quantitative estimate of drug-likeness (QED) is 0.819. The van der Waals surface area contributed by atoms with E-state index in [4.69, 9.17) is 16.3 Å². The molecule has 0 radical (unpaired) electrons. The van der Waals surface area contributed by atoms with Gasteiger partial charge in [-0.1, -0.05) is 18.5 Å². The summed E-state index contributed by atoms with van der Waals surface area (Å²) in [4.78, 5) is 4.28. The predicted molar refractivity (Wildman–Crippen MR) is 64.5 cm³/mol. The van der Waals surface area contributed by atoms with Crippen molar-refractivity contribution >= 4 is 11.6 Å². The molecule has 1 heterocycles. The maximum atomic E-state index is 5.93. The molecule has 0 unspecified atom stereocenters. The lowest BCUT2D eigenvalue weighted by molar-refractivity contribution is 0.412. The summed E-state index contributed by atoms with van der Waals surface area (Å²) in [5.74, 6) is 1.75. The highest BCUT2D eigenvalue weighted by Gasteiger charge is 2.08. The molecular formula is C12H13ClN2O. The average Bonchev–Trinajstić information content (AvgIpc) is 2.76. The van der Waals surface area contributed by atoms with Crippen LogP contribution < -0.4 is 4.74 Å². The Hall–Kier alpha value is -1.48. The Balaban J connectivity index is 2.55. The Bertz CT molecular complexity index is 494. The molecule has 3 nitrogen and oxygen atoms in total. The summed E-state index contributed by atoms with van der Waals surface area (Å²) in [7, 11) is 1.64. The Labute approximate surface area is 99.6 Å². The van der Waals surface area contributed by atoms with Crippen LogP contribution in [0.4, 0.5) is 0 Å². The lowest BCUT2D eigenvalue weighted by atomic mass is 10.3. The fraction of sp³-hybridized carbons (Fsp3) is 0.250. The summed E-state index contributed by atoms with van der Waals surface area (Å²) in [5, 5.41) is 0.666. The van der Waals surface area contributed by atoms with Gasteiger partial charge in [-0.25, -0.2) is 4.98 Å². The van der Waals surface area contributed by atoms with Crippen molar-refractivity contribution < 1.29 is 4.74 Å². The van der Waals surface area contributed by atoms with Gasteiger partial charge < -0.3 is 9.30 Å². The van der Waals surface area contributed by atoms with Crippen molar-refractivity contribution in [2.75, 3.05) is 7.11 Å². The van der Waals surface area contributed by atoms with Gasteiger partial charge in [0.15, 0.2) is 0 Å². The molecule has 0 saturated heterocycles. The number of methoxy groups -OCH3 is 1. The molecule has 4 heteroatoms. The normalized spacial score (nSPS) is 10.4. The second kappa shape index (κ2) is 4.58.